The van der Waals surface area contributed by atoms with Crippen LogP contribution in [0.5, 0.6) is 11.5 Å². The summed E-state index contributed by atoms with van der Waals surface area (Å²) in [5, 5.41) is 0. The van der Waals surface area contributed by atoms with E-state index in [4.69, 9.17) is 9.47 Å². The van der Waals surface area contributed by atoms with Gasteiger partial charge in [0.2, 0.25) is 0 Å². The third-order valence-electron chi connectivity index (χ3n) is 9.16. The number of benzene rings is 3. The fourth-order valence-electron chi connectivity index (χ4n) is 6.82. The molecule has 0 spiro atoms. The number of rotatable bonds is 10. The number of piperazine rings is 1. The van der Waals surface area contributed by atoms with Crippen LogP contribution in [0.15, 0.2) is 60.7 Å². The number of ether oxygens (including phenoxy) is 2. The molecule has 3 aliphatic heterocycles. The quantitative estimate of drug-likeness (QED) is 0.337. The van der Waals surface area contributed by atoms with Gasteiger partial charge in [-0.1, -0.05) is 43.3 Å². The van der Waals surface area contributed by atoms with Crippen LogP contribution in [0.1, 0.15) is 58.4 Å². The minimum atomic E-state index is -0.0514. The first-order valence-corrected chi connectivity index (χ1v) is 15.0. The number of anilines is 1. The number of carbonyl (C=O) groups excluding carboxylic acids is 1. The predicted molar refractivity (Wildman–Crippen MR) is 163 cm³/mol. The highest BCUT2D eigenvalue weighted by atomic mass is 16.5. The maximum Gasteiger partial charge on any atom is 0.255 e. The minimum Gasteiger partial charge on any atom is -0.493 e. The first kappa shape index (κ1) is 27.6. The summed E-state index contributed by atoms with van der Waals surface area (Å²) in [5.74, 6) is 1.53. The Morgan fingerprint density at radius 3 is 2.22 bits per heavy atom. The van der Waals surface area contributed by atoms with Gasteiger partial charge in [0.15, 0.2) is 11.5 Å². The molecule has 0 radical (unpaired) electrons. The Morgan fingerprint density at radius 1 is 0.805 bits per heavy atom. The molecule has 7 nitrogen and oxygen atoms in total. The average Bonchev–Trinajstić information content (AvgIpc) is 3.59. The second-order valence-electron chi connectivity index (χ2n) is 11.4. The highest BCUT2D eigenvalue weighted by molar-refractivity contribution is 6.00. The Labute approximate surface area is 244 Å². The summed E-state index contributed by atoms with van der Waals surface area (Å²) in [7, 11) is 3.33. The smallest absolute Gasteiger partial charge is 0.255 e. The van der Waals surface area contributed by atoms with Crippen molar-refractivity contribution >= 4 is 11.6 Å². The molecule has 216 valence electrons. The summed E-state index contributed by atoms with van der Waals surface area (Å²) in [4.78, 5) is 23.6. The van der Waals surface area contributed by atoms with Crippen LogP contribution in [-0.4, -0.2) is 74.1 Å². The van der Waals surface area contributed by atoms with E-state index >= 15 is 0 Å². The SMILES string of the molecule is CCN1CCN(c2cccc3c2CN(C(CCCN2Cc4ccccc4C2)c2ccc(OC)c(OC)c2)C3=O)CC1. The summed E-state index contributed by atoms with van der Waals surface area (Å²) < 4.78 is 11.2. The highest BCUT2D eigenvalue weighted by Gasteiger charge is 2.36. The van der Waals surface area contributed by atoms with Crippen molar-refractivity contribution in [2.75, 3.05) is 58.4 Å². The molecule has 1 amide bonds. The van der Waals surface area contributed by atoms with Crippen molar-refractivity contribution in [1.82, 2.24) is 14.7 Å². The maximum absolute atomic E-state index is 14.0. The number of amides is 1. The number of carbonyl (C=O) groups is 1. The van der Waals surface area contributed by atoms with E-state index in [-0.39, 0.29) is 11.9 Å². The first-order chi connectivity index (χ1) is 20.1. The lowest BCUT2D eigenvalue weighted by Gasteiger charge is -2.36. The highest BCUT2D eigenvalue weighted by Crippen LogP contribution is 2.40. The molecule has 6 rings (SSSR count). The molecule has 7 heteroatoms. The lowest BCUT2D eigenvalue weighted by molar-refractivity contribution is 0.0685. The van der Waals surface area contributed by atoms with Crippen LogP contribution in [-0.2, 0) is 19.6 Å². The van der Waals surface area contributed by atoms with E-state index in [0.29, 0.717) is 18.0 Å². The van der Waals surface area contributed by atoms with Gasteiger partial charge in [0.25, 0.3) is 5.91 Å². The van der Waals surface area contributed by atoms with Gasteiger partial charge in [-0.2, -0.15) is 0 Å². The average molecular weight is 555 g/mol. The molecule has 3 aliphatic rings. The van der Waals surface area contributed by atoms with Crippen LogP contribution in [0.2, 0.25) is 0 Å². The van der Waals surface area contributed by atoms with Gasteiger partial charge < -0.3 is 24.2 Å². The molecule has 3 aromatic carbocycles. The van der Waals surface area contributed by atoms with Gasteiger partial charge in [-0.15, -0.1) is 0 Å². The molecule has 3 aromatic rings. The van der Waals surface area contributed by atoms with Gasteiger partial charge in [-0.25, -0.2) is 0 Å². The Morgan fingerprint density at radius 2 is 1.54 bits per heavy atom. The van der Waals surface area contributed by atoms with Gasteiger partial charge in [-0.3, -0.25) is 9.69 Å². The molecule has 41 heavy (non-hydrogen) atoms. The molecule has 1 unspecified atom stereocenters. The van der Waals surface area contributed by atoms with E-state index in [1.807, 2.05) is 12.1 Å². The maximum atomic E-state index is 14.0. The van der Waals surface area contributed by atoms with Crippen molar-refractivity contribution in [3.63, 3.8) is 0 Å². The Balaban J connectivity index is 1.24. The summed E-state index contributed by atoms with van der Waals surface area (Å²) in [5.41, 5.74) is 7.19. The van der Waals surface area contributed by atoms with E-state index in [9.17, 15) is 4.79 Å². The van der Waals surface area contributed by atoms with E-state index in [2.05, 4.69) is 75.1 Å². The largest absolute Gasteiger partial charge is 0.493 e. The molecule has 1 fully saturated rings. The number of likely N-dealkylation sites (N-methyl/N-ethyl adjacent to an activating group) is 1. The first-order valence-electron chi connectivity index (χ1n) is 15.0. The van der Waals surface area contributed by atoms with Crippen LogP contribution >= 0.6 is 0 Å². The second-order valence-corrected chi connectivity index (χ2v) is 11.4. The zero-order valence-corrected chi connectivity index (χ0v) is 24.6. The normalized spacial score (nSPS) is 18.0. The van der Waals surface area contributed by atoms with Crippen LogP contribution in [0.4, 0.5) is 5.69 Å². The van der Waals surface area contributed by atoms with E-state index in [1.165, 1.54) is 22.4 Å². The summed E-state index contributed by atoms with van der Waals surface area (Å²) >= 11 is 0. The van der Waals surface area contributed by atoms with E-state index in [0.717, 1.165) is 76.3 Å². The van der Waals surface area contributed by atoms with Gasteiger partial charge in [0.1, 0.15) is 0 Å². The zero-order chi connectivity index (χ0) is 28.3. The van der Waals surface area contributed by atoms with Crippen LogP contribution in [0, 0.1) is 0 Å². The fourth-order valence-corrected chi connectivity index (χ4v) is 6.82. The van der Waals surface area contributed by atoms with E-state index < -0.39 is 0 Å². The fraction of sp³-hybridized carbons (Fsp3) is 0.441. The predicted octanol–water partition coefficient (Wildman–Crippen LogP) is 5.34. The van der Waals surface area contributed by atoms with Gasteiger partial charge >= 0.3 is 0 Å². The van der Waals surface area contributed by atoms with Crippen LogP contribution in [0.25, 0.3) is 0 Å². The Kier molecular flexibility index (Phi) is 8.17. The molecule has 0 aromatic heterocycles. The van der Waals surface area contributed by atoms with Crippen molar-refractivity contribution in [3.8, 4) is 11.5 Å². The molecular formula is C34H42N4O3. The topological polar surface area (TPSA) is 48.5 Å². The number of hydrogen-bond acceptors (Lipinski definition) is 6. The number of hydrogen-bond donors (Lipinski definition) is 0. The third kappa shape index (κ3) is 5.53. The van der Waals surface area contributed by atoms with Gasteiger partial charge in [-0.05, 0) is 66.9 Å². The molecule has 0 bridgehead atoms. The Bertz CT molecular complexity index is 1360. The molecule has 0 aliphatic carbocycles. The summed E-state index contributed by atoms with van der Waals surface area (Å²) in [6.07, 6.45) is 1.88. The molecule has 0 saturated carbocycles. The second kappa shape index (κ2) is 12.1. The van der Waals surface area contributed by atoms with Crippen molar-refractivity contribution < 1.29 is 14.3 Å². The Hall–Kier alpha value is -3.55. The molecular weight excluding hydrogens is 512 g/mol. The number of fused-ring (bicyclic) bond motifs is 2. The summed E-state index contributed by atoms with van der Waals surface area (Å²) in [6.45, 7) is 11.1. The molecule has 3 heterocycles. The van der Waals surface area contributed by atoms with Gasteiger partial charge in [0.05, 0.1) is 20.3 Å². The lowest BCUT2D eigenvalue weighted by Crippen LogP contribution is -2.46. The van der Waals surface area contributed by atoms with Gasteiger partial charge in [0, 0.05) is 62.6 Å². The standard InChI is InChI=1S/C34H42N4O3/c1-4-35-17-19-37(20-18-35)31-12-7-11-28-29(31)24-38(34(28)39)30(25-14-15-32(40-2)33(21-25)41-3)13-8-16-36-22-26-9-5-6-10-27(26)23-36/h5-7,9-12,14-15,21,30H,4,8,13,16-20,22-24H2,1-3H3. The number of nitrogens with zero attached hydrogens (tertiary/aromatic N) is 4. The van der Waals surface area contributed by atoms with Crippen molar-refractivity contribution in [2.24, 2.45) is 0 Å². The van der Waals surface area contributed by atoms with Crippen LogP contribution in [0.3, 0.4) is 0 Å². The minimum absolute atomic E-state index is 0.0514. The molecule has 1 saturated heterocycles. The van der Waals surface area contributed by atoms with Crippen LogP contribution < -0.4 is 14.4 Å². The van der Waals surface area contributed by atoms with Crippen molar-refractivity contribution in [2.45, 2.75) is 45.4 Å². The third-order valence-corrected chi connectivity index (χ3v) is 9.16. The monoisotopic (exact) mass is 554 g/mol. The number of methoxy groups -OCH3 is 2. The lowest BCUT2D eigenvalue weighted by atomic mass is 9.99. The van der Waals surface area contributed by atoms with Crippen molar-refractivity contribution in [3.05, 3.63) is 88.5 Å². The zero-order valence-electron chi connectivity index (χ0n) is 24.6. The summed E-state index contributed by atoms with van der Waals surface area (Å²) in [6, 6.07) is 21.1. The molecule has 0 N–H and O–H groups in total. The van der Waals surface area contributed by atoms with E-state index in [1.54, 1.807) is 14.2 Å². The van der Waals surface area contributed by atoms with Crippen molar-refractivity contribution in [1.29, 1.82) is 0 Å². The molecule has 1 atom stereocenters.